The summed E-state index contributed by atoms with van der Waals surface area (Å²) in [5.41, 5.74) is 2.54. The van der Waals surface area contributed by atoms with E-state index < -0.39 is 0 Å². The molecule has 1 fully saturated rings. The second-order valence-electron chi connectivity index (χ2n) is 5.76. The van der Waals surface area contributed by atoms with Crippen molar-refractivity contribution in [2.45, 2.75) is 38.1 Å². The highest BCUT2D eigenvalue weighted by atomic mass is 16.2. The van der Waals surface area contributed by atoms with E-state index in [1.165, 1.54) is 12.8 Å². The fourth-order valence-electron chi connectivity index (χ4n) is 2.99. The largest absolute Gasteiger partial charge is 0.352 e. The van der Waals surface area contributed by atoms with Crippen molar-refractivity contribution in [2.75, 3.05) is 18.4 Å². The number of amides is 2. The zero-order valence-electron chi connectivity index (χ0n) is 12.1. The van der Waals surface area contributed by atoms with Crippen LogP contribution < -0.4 is 16.0 Å². The SMILES string of the molecule is O=C1CCc2cc(C(=O)NCC[C@@H]3CCCN3)ccc2N1. The third-order valence-corrected chi connectivity index (χ3v) is 4.20. The van der Waals surface area contributed by atoms with Crippen molar-refractivity contribution in [1.29, 1.82) is 0 Å². The summed E-state index contributed by atoms with van der Waals surface area (Å²) in [7, 11) is 0. The summed E-state index contributed by atoms with van der Waals surface area (Å²) in [6.45, 7) is 1.79. The van der Waals surface area contributed by atoms with Gasteiger partial charge in [0.1, 0.15) is 0 Å². The van der Waals surface area contributed by atoms with Gasteiger partial charge in [-0.15, -0.1) is 0 Å². The maximum Gasteiger partial charge on any atom is 0.251 e. The molecular weight excluding hydrogens is 266 g/mol. The Morgan fingerprint density at radius 3 is 3.05 bits per heavy atom. The Hall–Kier alpha value is -1.88. The minimum atomic E-state index is -0.0345. The van der Waals surface area contributed by atoms with Crippen LogP contribution in [0.4, 0.5) is 5.69 Å². The average molecular weight is 287 g/mol. The molecule has 1 aromatic carbocycles. The van der Waals surface area contributed by atoms with Crippen molar-refractivity contribution in [2.24, 2.45) is 0 Å². The van der Waals surface area contributed by atoms with E-state index in [4.69, 9.17) is 0 Å². The highest BCUT2D eigenvalue weighted by Gasteiger charge is 2.17. The second-order valence-corrected chi connectivity index (χ2v) is 5.76. The van der Waals surface area contributed by atoms with Crippen molar-refractivity contribution in [3.8, 4) is 0 Å². The molecule has 0 bridgehead atoms. The molecule has 2 aliphatic heterocycles. The van der Waals surface area contributed by atoms with Gasteiger partial charge in [-0.25, -0.2) is 0 Å². The number of aryl methyl sites for hydroxylation is 1. The molecule has 0 aromatic heterocycles. The molecule has 2 aliphatic rings. The molecule has 2 heterocycles. The van der Waals surface area contributed by atoms with Gasteiger partial charge in [-0.05, 0) is 56.0 Å². The Morgan fingerprint density at radius 2 is 2.24 bits per heavy atom. The molecule has 0 spiro atoms. The van der Waals surface area contributed by atoms with Crippen LogP contribution in [0, 0.1) is 0 Å². The number of rotatable bonds is 4. The maximum absolute atomic E-state index is 12.1. The molecule has 3 N–H and O–H groups in total. The average Bonchev–Trinajstić information content (AvgIpc) is 3.00. The topological polar surface area (TPSA) is 70.2 Å². The van der Waals surface area contributed by atoms with Crippen LogP contribution in [0.1, 0.15) is 41.6 Å². The summed E-state index contributed by atoms with van der Waals surface area (Å²) in [6, 6.07) is 6.02. The highest BCUT2D eigenvalue weighted by Crippen LogP contribution is 2.23. The van der Waals surface area contributed by atoms with Gasteiger partial charge >= 0.3 is 0 Å². The summed E-state index contributed by atoms with van der Waals surface area (Å²) in [5.74, 6) is 0.0106. The Morgan fingerprint density at radius 1 is 1.33 bits per heavy atom. The smallest absolute Gasteiger partial charge is 0.251 e. The Bertz CT molecular complexity index is 550. The van der Waals surface area contributed by atoms with Crippen molar-refractivity contribution in [3.63, 3.8) is 0 Å². The normalized spacial score (nSPS) is 20.8. The Kier molecular flexibility index (Phi) is 4.20. The molecule has 1 aromatic rings. The van der Waals surface area contributed by atoms with E-state index in [0.717, 1.165) is 24.2 Å². The predicted octanol–water partition coefficient (Wildman–Crippen LogP) is 1.44. The van der Waals surface area contributed by atoms with Crippen LogP contribution in [-0.4, -0.2) is 30.9 Å². The molecule has 0 unspecified atom stereocenters. The van der Waals surface area contributed by atoms with Crippen molar-refractivity contribution in [1.82, 2.24) is 10.6 Å². The summed E-state index contributed by atoms with van der Waals surface area (Å²) < 4.78 is 0. The third-order valence-electron chi connectivity index (χ3n) is 4.20. The van der Waals surface area contributed by atoms with Gasteiger partial charge in [0.25, 0.3) is 5.91 Å². The van der Waals surface area contributed by atoms with E-state index in [-0.39, 0.29) is 11.8 Å². The van der Waals surface area contributed by atoms with E-state index in [1.807, 2.05) is 12.1 Å². The molecule has 1 saturated heterocycles. The first-order valence-corrected chi connectivity index (χ1v) is 7.67. The number of nitrogens with one attached hydrogen (secondary N) is 3. The molecule has 21 heavy (non-hydrogen) atoms. The van der Waals surface area contributed by atoms with E-state index in [2.05, 4.69) is 16.0 Å². The lowest BCUT2D eigenvalue weighted by Crippen LogP contribution is -2.30. The number of hydrogen-bond donors (Lipinski definition) is 3. The van der Waals surface area contributed by atoms with Crippen LogP contribution in [-0.2, 0) is 11.2 Å². The molecule has 5 nitrogen and oxygen atoms in total. The summed E-state index contributed by atoms with van der Waals surface area (Å²) in [5, 5.41) is 9.23. The van der Waals surface area contributed by atoms with E-state index in [1.54, 1.807) is 6.07 Å². The van der Waals surface area contributed by atoms with Crippen LogP contribution in [0.15, 0.2) is 18.2 Å². The minimum Gasteiger partial charge on any atom is -0.352 e. The molecule has 0 radical (unpaired) electrons. The molecule has 5 heteroatoms. The quantitative estimate of drug-likeness (QED) is 0.785. The third kappa shape index (κ3) is 3.42. The van der Waals surface area contributed by atoms with Gasteiger partial charge < -0.3 is 16.0 Å². The lowest BCUT2D eigenvalue weighted by molar-refractivity contribution is -0.116. The maximum atomic E-state index is 12.1. The lowest BCUT2D eigenvalue weighted by Gasteiger charge is -2.17. The van der Waals surface area contributed by atoms with Gasteiger partial charge in [-0.2, -0.15) is 0 Å². The monoisotopic (exact) mass is 287 g/mol. The number of carbonyl (C=O) groups is 2. The summed E-state index contributed by atoms with van der Waals surface area (Å²) in [4.78, 5) is 23.5. The molecule has 0 aliphatic carbocycles. The van der Waals surface area contributed by atoms with Crippen LogP contribution in [0.3, 0.4) is 0 Å². The first-order valence-electron chi connectivity index (χ1n) is 7.67. The number of carbonyl (C=O) groups excluding carboxylic acids is 2. The lowest BCUT2D eigenvalue weighted by atomic mass is 10.00. The van der Waals surface area contributed by atoms with E-state index in [0.29, 0.717) is 31.0 Å². The minimum absolute atomic E-state index is 0.0345. The summed E-state index contributed by atoms with van der Waals surface area (Å²) >= 11 is 0. The Labute approximate surface area is 124 Å². The van der Waals surface area contributed by atoms with Crippen LogP contribution in [0.5, 0.6) is 0 Å². The van der Waals surface area contributed by atoms with Gasteiger partial charge in [0.05, 0.1) is 0 Å². The first kappa shape index (κ1) is 14.1. The Balaban J connectivity index is 1.56. The van der Waals surface area contributed by atoms with Crippen LogP contribution in [0.2, 0.25) is 0 Å². The summed E-state index contributed by atoms with van der Waals surface area (Å²) in [6.07, 6.45) is 4.61. The van der Waals surface area contributed by atoms with Crippen molar-refractivity contribution in [3.05, 3.63) is 29.3 Å². The molecule has 1 atom stereocenters. The second kappa shape index (κ2) is 6.26. The van der Waals surface area contributed by atoms with Gasteiger partial charge in [0, 0.05) is 30.3 Å². The number of hydrogen-bond acceptors (Lipinski definition) is 3. The molecule has 0 saturated carbocycles. The molecular formula is C16H21N3O2. The predicted molar refractivity (Wildman–Crippen MR) is 81.4 cm³/mol. The van der Waals surface area contributed by atoms with E-state index >= 15 is 0 Å². The molecule has 3 rings (SSSR count). The fraction of sp³-hybridized carbons (Fsp3) is 0.500. The van der Waals surface area contributed by atoms with E-state index in [9.17, 15) is 9.59 Å². The number of fused-ring (bicyclic) bond motifs is 1. The van der Waals surface area contributed by atoms with Gasteiger partial charge in [0.15, 0.2) is 0 Å². The van der Waals surface area contributed by atoms with Crippen LogP contribution in [0.25, 0.3) is 0 Å². The molecule has 112 valence electrons. The van der Waals surface area contributed by atoms with Crippen LogP contribution >= 0.6 is 0 Å². The number of anilines is 1. The zero-order valence-corrected chi connectivity index (χ0v) is 12.1. The number of benzene rings is 1. The fourth-order valence-corrected chi connectivity index (χ4v) is 2.99. The standard InChI is InChI=1S/C16H21N3O2/c20-15-6-4-11-10-12(3-5-14(11)19-15)16(21)18-9-7-13-2-1-8-17-13/h3,5,10,13,17H,1-2,4,6-9H2,(H,18,21)(H,19,20)/t13-/m0/s1. The van der Waals surface area contributed by atoms with Crippen molar-refractivity contribution < 1.29 is 9.59 Å². The highest BCUT2D eigenvalue weighted by molar-refractivity contribution is 5.97. The molecule has 2 amide bonds. The van der Waals surface area contributed by atoms with Gasteiger partial charge in [0.2, 0.25) is 5.91 Å². The zero-order chi connectivity index (χ0) is 14.7. The van der Waals surface area contributed by atoms with Crippen molar-refractivity contribution >= 4 is 17.5 Å². The van der Waals surface area contributed by atoms with Gasteiger partial charge in [-0.1, -0.05) is 0 Å². The first-order chi connectivity index (χ1) is 10.2. The van der Waals surface area contributed by atoms with Gasteiger partial charge in [-0.3, -0.25) is 9.59 Å².